The molecule has 0 atom stereocenters. The van der Waals surface area contributed by atoms with Crippen LogP contribution in [-0.4, -0.2) is 13.1 Å². The van der Waals surface area contributed by atoms with Crippen molar-refractivity contribution in [2.24, 2.45) is 0 Å². The summed E-state index contributed by atoms with van der Waals surface area (Å²) in [5.74, 6) is -0.925. The Morgan fingerprint density at radius 3 is 2.93 bits per heavy atom. The van der Waals surface area contributed by atoms with E-state index in [1.165, 1.54) is 30.6 Å². The minimum atomic E-state index is -0.488. The SMILES string of the molecule is COC(=O)c1cc2c(Cl)c(F)ccc2s1. The first kappa shape index (κ1) is 10.4. The largest absolute Gasteiger partial charge is 0.465 e. The molecule has 2 aromatic rings. The molecule has 0 aliphatic heterocycles. The van der Waals surface area contributed by atoms with Gasteiger partial charge in [-0.1, -0.05) is 11.6 Å². The number of fused-ring (bicyclic) bond motifs is 1. The summed E-state index contributed by atoms with van der Waals surface area (Å²) in [4.78, 5) is 11.6. The Morgan fingerprint density at radius 1 is 1.53 bits per heavy atom. The van der Waals surface area contributed by atoms with Crippen LogP contribution in [0, 0.1) is 5.82 Å². The molecular formula is C10H6ClFO2S. The van der Waals surface area contributed by atoms with Crippen LogP contribution in [0.3, 0.4) is 0 Å². The summed E-state index contributed by atoms with van der Waals surface area (Å²) < 4.78 is 18.4. The molecule has 0 saturated carbocycles. The van der Waals surface area contributed by atoms with Gasteiger partial charge >= 0.3 is 5.97 Å². The molecule has 2 rings (SSSR count). The van der Waals surface area contributed by atoms with Gasteiger partial charge in [-0.15, -0.1) is 11.3 Å². The van der Waals surface area contributed by atoms with E-state index in [0.717, 1.165) is 4.70 Å². The molecule has 0 fully saturated rings. The molecule has 0 aliphatic carbocycles. The van der Waals surface area contributed by atoms with Crippen LogP contribution in [0.15, 0.2) is 18.2 Å². The second-order valence-electron chi connectivity index (χ2n) is 2.88. The fraction of sp³-hybridized carbons (Fsp3) is 0.100. The lowest BCUT2D eigenvalue weighted by Crippen LogP contribution is -1.96. The second-order valence-corrected chi connectivity index (χ2v) is 4.34. The predicted molar refractivity (Wildman–Crippen MR) is 58.1 cm³/mol. The van der Waals surface area contributed by atoms with Gasteiger partial charge in [0.1, 0.15) is 10.7 Å². The Bertz CT molecular complexity index is 535. The zero-order valence-electron chi connectivity index (χ0n) is 7.71. The number of carbonyl (C=O) groups is 1. The highest BCUT2D eigenvalue weighted by atomic mass is 35.5. The lowest BCUT2D eigenvalue weighted by atomic mass is 10.2. The number of thiophene rings is 1. The lowest BCUT2D eigenvalue weighted by Gasteiger charge is -1.93. The summed E-state index contributed by atoms with van der Waals surface area (Å²) in [5, 5.41) is 0.584. The van der Waals surface area contributed by atoms with Crippen molar-refractivity contribution in [3.05, 3.63) is 33.9 Å². The first-order chi connectivity index (χ1) is 7.13. The van der Waals surface area contributed by atoms with Crippen molar-refractivity contribution in [3.8, 4) is 0 Å². The average Bonchev–Trinajstić information content (AvgIpc) is 2.67. The van der Waals surface area contributed by atoms with E-state index in [1.54, 1.807) is 6.07 Å². The minimum Gasteiger partial charge on any atom is -0.465 e. The Labute approximate surface area is 94.2 Å². The Kier molecular flexibility index (Phi) is 2.63. The zero-order chi connectivity index (χ0) is 11.0. The van der Waals surface area contributed by atoms with E-state index in [-0.39, 0.29) is 5.02 Å². The molecule has 1 aromatic heterocycles. The molecule has 0 spiro atoms. The van der Waals surface area contributed by atoms with Gasteiger partial charge < -0.3 is 4.74 Å². The van der Waals surface area contributed by atoms with Crippen LogP contribution in [0.5, 0.6) is 0 Å². The quantitative estimate of drug-likeness (QED) is 0.718. The molecule has 0 unspecified atom stereocenters. The van der Waals surface area contributed by atoms with Gasteiger partial charge in [0.15, 0.2) is 0 Å². The number of esters is 1. The summed E-state index contributed by atoms with van der Waals surface area (Å²) >= 11 is 6.99. The van der Waals surface area contributed by atoms with Crippen LogP contribution in [0.2, 0.25) is 5.02 Å². The second kappa shape index (κ2) is 3.79. The Hall–Kier alpha value is -1.13. The van der Waals surface area contributed by atoms with Crippen LogP contribution in [0.4, 0.5) is 4.39 Å². The Morgan fingerprint density at radius 2 is 2.27 bits per heavy atom. The van der Waals surface area contributed by atoms with Gasteiger partial charge in [-0.05, 0) is 18.2 Å². The molecule has 0 saturated heterocycles. The summed E-state index contributed by atoms with van der Waals surface area (Å²) in [6.07, 6.45) is 0. The van der Waals surface area contributed by atoms with Gasteiger partial charge in [-0.3, -0.25) is 0 Å². The molecule has 0 N–H and O–H groups in total. The van der Waals surface area contributed by atoms with Crippen molar-refractivity contribution in [1.29, 1.82) is 0 Å². The average molecular weight is 245 g/mol. The van der Waals surface area contributed by atoms with Crippen molar-refractivity contribution in [3.63, 3.8) is 0 Å². The van der Waals surface area contributed by atoms with Crippen LogP contribution in [0.25, 0.3) is 10.1 Å². The first-order valence-electron chi connectivity index (χ1n) is 4.09. The number of hydrogen-bond donors (Lipinski definition) is 0. The minimum absolute atomic E-state index is 0.0407. The molecule has 0 radical (unpaired) electrons. The highest BCUT2D eigenvalue weighted by Crippen LogP contribution is 2.33. The van der Waals surface area contributed by atoms with Crippen LogP contribution in [-0.2, 0) is 4.74 Å². The van der Waals surface area contributed by atoms with Crippen molar-refractivity contribution >= 4 is 39.0 Å². The number of methoxy groups -OCH3 is 1. The number of carbonyl (C=O) groups excluding carboxylic acids is 1. The maximum absolute atomic E-state index is 13.1. The summed E-state index contributed by atoms with van der Waals surface area (Å²) in [5.41, 5.74) is 0. The highest BCUT2D eigenvalue weighted by Gasteiger charge is 2.13. The van der Waals surface area contributed by atoms with Crippen molar-refractivity contribution in [2.75, 3.05) is 7.11 Å². The maximum atomic E-state index is 13.1. The van der Waals surface area contributed by atoms with Crippen LogP contribution >= 0.6 is 22.9 Å². The van der Waals surface area contributed by atoms with Gasteiger partial charge in [0.2, 0.25) is 0 Å². The van der Waals surface area contributed by atoms with Gasteiger partial charge in [-0.25, -0.2) is 9.18 Å². The van der Waals surface area contributed by atoms with Crippen LogP contribution < -0.4 is 0 Å². The van der Waals surface area contributed by atoms with Crippen molar-refractivity contribution in [2.45, 2.75) is 0 Å². The number of ether oxygens (including phenoxy) is 1. The first-order valence-corrected chi connectivity index (χ1v) is 5.29. The number of benzene rings is 1. The summed E-state index contributed by atoms with van der Waals surface area (Å²) in [6, 6.07) is 4.41. The smallest absolute Gasteiger partial charge is 0.348 e. The zero-order valence-corrected chi connectivity index (χ0v) is 9.29. The fourth-order valence-corrected chi connectivity index (χ4v) is 2.52. The third-order valence-corrected chi connectivity index (χ3v) is 3.44. The number of hydrogen-bond acceptors (Lipinski definition) is 3. The predicted octanol–water partition coefficient (Wildman–Crippen LogP) is 3.48. The van der Waals surface area contributed by atoms with E-state index in [4.69, 9.17) is 11.6 Å². The molecule has 1 heterocycles. The molecular weight excluding hydrogens is 239 g/mol. The van der Waals surface area contributed by atoms with E-state index in [2.05, 4.69) is 4.74 Å². The summed E-state index contributed by atoms with van der Waals surface area (Å²) in [7, 11) is 1.30. The van der Waals surface area contributed by atoms with E-state index < -0.39 is 11.8 Å². The topological polar surface area (TPSA) is 26.3 Å². The number of halogens is 2. The van der Waals surface area contributed by atoms with Crippen molar-refractivity contribution in [1.82, 2.24) is 0 Å². The van der Waals surface area contributed by atoms with Gasteiger partial charge in [0.05, 0.1) is 12.1 Å². The highest BCUT2D eigenvalue weighted by molar-refractivity contribution is 7.20. The summed E-state index contributed by atoms with van der Waals surface area (Å²) in [6.45, 7) is 0. The molecule has 0 amide bonds. The molecule has 78 valence electrons. The molecule has 1 aromatic carbocycles. The molecule has 0 aliphatic rings. The van der Waals surface area contributed by atoms with Gasteiger partial charge in [0.25, 0.3) is 0 Å². The molecule has 5 heteroatoms. The normalized spacial score (nSPS) is 10.6. The third-order valence-electron chi connectivity index (χ3n) is 1.97. The van der Waals surface area contributed by atoms with E-state index in [9.17, 15) is 9.18 Å². The fourth-order valence-electron chi connectivity index (χ4n) is 1.25. The van der Waals surface area contributed by atoms with E-state index in [0.29, 0.717) is 10.3 Å². The third kappa shape index (κ3) is 1.70. The van der Waals surface area contributed by atoms with E-state index >= 15 is 0 Å². The monoisotopic (exact) mass is 244 g/mol. The Balaban J connectivity index is 2.66. The van der Waals surface area contributed by atoms with Gasteiger partial charge in [-0.2, -0.15) is 0 Å². The molecule has 0 bridgehead atoms. The van der Waals surface area contributed by atoms with Crippen molar-refractivity contribution < 1.29 is 13.9 Å². The molecule has 2 nitrogen and oxygen atoms in total. The number of rotatable bonds is 1. The molecule has 15 heavy (non-hydrogen) atoms. The van der Waals surface area contributed by atoms with Crippen LogP contribution in [0.1, 0.15) is 9.67 Å². The standard InChI is InChI=1S/C10H6ClFO2S/c1-14-10(13)8-4-5-7(15-8)3-2-6(12)9(5)11/h2-4H,1H3. The lowest BCUT2D eigenvalue weighted by molar-refractivity contribution is 0.0606. The van der Waals surface area contributed by atoms with Gasteiger partial charge in [0, 0.05) is 10.1 Å². The van der Waals surface area contributed by atoms with E-state index in [1.807, 2.05) is 0 Å². The maximum Gasteiger partial charge on any atom is 0.348 e.